The van der Waals surface area contributed by atoms with Gasteiger partial charge in [0.05, 0.1) is 5.69 Å². The van der Waals surface area contributed by atoms with Crippen molar-refractivity contribution in [3.8, 4) is 0 Å². The van der Waals surface area contributed by atoms with E-state index >= 15 is 0 Å². The largest absolute Gasteiger partial charge is 0.398 e. The van der Waals surface area contributed by atoms with Crippen LogP contribution in [0, 0.1) is 0 Å². The second kappa shape index (κ2) is 6.18. The molecule has 0 aliphatic heterocycles. The van der Waals surface area contributed by atoms with Gasteiger partial charge in [-0.05, 0) is 31.5 Å². The van der Waals surface area contributed by atoms with Crippen molar-refractivity contribution in [2.75, 3.05) is 12.3 Å². The van der Waals surface area contributed by atoms with E-state index in [0.717, 1.165) is 4.47 Å². The summed E-state index contributed by atoms with van der Waals surface area (Å²) in [6.07, 6.45) is 4.43. The van der Waals surface area contributed by atoms with E-state index in [9.17, 15) is 8.42 Å². The highest BCUT2D eigenvalue weighted by molar-refractivity contribution is 9.10. The highest BCUT2D eigenvalue weighted by Gasteiger charge is 2.16. The number of benzene rings is 1. The molecule has 0 bridgehead atoms. The Morgan fingerprint density at radius 1 is 1.47 bits per heavy atom. The predicted molar refractivity (Wildman–Crippen MR) is 73.2 cm³/mol. The fourth-order valence-corrected chi connectivity index (χ4v) is 2.82. The van der Waals surface area contributed by atoms with Gasteiger partial charge in [0, 0.05) is 11.0 Å². The monoisotopic (exact) mass is 318 g/mol. The van der Waals surface area contributed by atoms with Gasteiger partial charge in [-0.1, -0.05) is 28.1 Å². The topological polar surface area (TPSA) is 72.2 Å². The Hall–Kier alpha value is -0.850. The highest BCUT2D eigenvalue weighted by atomic mass is 79.9. The first-order valence-electron chi connectivity index (χ1n) is 5.13. The van der Waals surface area contributed by atoms with Gasteiger partial charge >= 0.3 is 0 Å². The minimum atomic E-state index is -3.52. The third-order valence-electron chi connectivity index (χ3n) is 2.10. The van der Waals surface area contributed by atoms with Crippen LogP contribution >= 0.6 is 15.9 Å². The smallest absolute Gasteiger partial charge is 0.242 e. The fourth-order valence-electron chi connectivity index (χ4n) is 1.29. The van der Waals surface area contributed by atoms with Crippen molar-refractivity contribution < 1.29 is 8.42 Å². The molecule has 4 nitrogen and oxygen atoms in total. The van der Waals surface area contributed by atoms with Crippen molar-refractivity contribution in [2.24, 2.45) is 0 Å². The molecule has 0 saturated heterocycles. The van der Waals surface area contributed by atoms with Crippen LogP contribution in [0.3, 0.4) is 0 Å². The minimum Gasteiger partial charge on any atom is -0.398 e. The van der Waals surface area contributed by atoms with Gasteiger partial charge < -0.3 is 5.73 Å². The first-order valence-corrected chi connectivity index (χ1v) is 7.41. The molecule has 3 N–H and O–H groups in total. The van der Waals surface area contributed by atoms with Crippen LogP contribution in [0.1, 0.15) is 13.3 Å². The van der Waals surface area contributed by atoms with Gasteiger partial charge in [-0.2, -0.15) is 0 Å². The highest BCUT2D eigenvalue weighted by Crippen LogP contribution is 2.22. The molecule has 0 atom stereocenters. The summed E-state index contributed by atoms with van der Waals surface area (Å²) in [5.41, 5.74) is 5.91. The molecule has 1 aromatic carbocycles. The molecule has 6 heteroatoms. The molecule has 1 rings (SSSR count). The molecule has 0 fully saturated rings. The maximum atomic E-state index is 11.9. The van der Waals surface area contributed by atoms with Crippen molar-refractivity contribution >= 4 is 31.6 Å². The number of hydrogen-bond acceptors (Lipinski definition) is 3. The summed E-state index contributed by atoms with van der Waals surface area (Å²) in [5.74, 6) is 0. The van der Waals surface area contributed by atoms with Crippen LogP contribution in [0.15, 0.2) is 39.7 Å². The van der Waals surface area contributed by atoms with Crippen LogP contribution in [0.4, 0.5) is 5.69 Å². The molecule has 0 radical (unpaired) electrons. The van der Waals surface area contributed by atoms with Gasteiger partial charge in [-0.15, -0.1) is 0 Å². The number of halogens is 1. The van der Waals surface area contributed by atoms with Crippen LogP contribution in [-0.2, 0) is 10.0 Å². The summed E-state index contributed by atoms with van der Waals surface area (Å²) in [4.78, 5) is 0.112. The summed E-state index contributed by atoms with van der Waals surface area (Å²) in [7, 11) is -3.52. The summed E-state index contributed by atoms with van der Waals surface area (Å²) >= 11 is 3.23. The molecule has 0 aliphatic rings. The first-order chi connectivity index (χ1) is 7.97. The molecule has 0 spiro atoms. The summed E-state index contributed by atoms with van der Waals surface area (Å²) in [6.45, 7) is 2.25. The second-order valence-electron chi connectivity index (χ2n) is 3.44. The fraction of sp³-hybridized carbons (Fsp3) is 0.273. The Morgan fingerprint density at radius 3 is 2.76 bits per heavy atom. The maximum Gasteiger partial charge on any atom is 0.242 e. The van der Waals surface area contributed by atoms with E-state index in [1.807, 2.05) is 19.1 Å². The van der Waals surface area contributed by atoms with E-state index in [1.54, 1.807) is 12.1 Å². The number of anilines is 1. The van der Waals surface area contributed by atoms with Crippen LogP contribution < -0.4 is 10.5 Å². The van der Waals surface area contributed by atoms with Crippen molar-refractivity contribution in [1.82, 2.24) is 4.72 Å². The van der Waals surface area contributed by atoms with Crippen molar-refractivity contribution in [1.29, 1.82) is 0 Å². The van der Waals surface area contributed by atoms with Gasteiger partial charge in [0.2, 0.25) is 10.0 Å². The number of sulfonamides is 1. The average Bonchev–Trinajstić information content (AvgIpc) is 2.24. The molecule has 1 aromatic rings. The molecule has 0 amide bonds. The van der Waals surface area contributed by atoms with Gasteiger partial charge in [0.1, 0.15) is 4.90 Å². The molecule has 0 aromatic heterocycles. The number of allylic oxidation sites excluding steroid dienone is 1. The Labute approximate surface area is 110 Å². The van der Waals surface area contributed by atoms with E-state index in [1.165, 1.54) is 6.07 Å². The molecule has 0 saturated carbocycles. The summed E-state index contributed by atoms with van der Waals surface area (Å²) in [5, 5.41) is 0. The quantitative estimate of drug-likeness (QED) is 0.497. The van der Waals surface area contributed by atoms with Crippen LogP contribution in [0.5, 0.6) is 0 Å². The second-order valence-corrected chi connectivity index (χ2v) is 6.09. The zero-order valence-corrected chi connectivity index (χ0v) is 11.9. The molecular formula is C11H15BrN2O2S. The lowest BCUT2D eigenvalue weighted by atomic mass is 10.3. The molecule has 17 heavy (non-hydrogen) atoms. The normalized spacial score (nSPS) is 12.1. The Morgan fingerprint density at radius 2 is 2.18 bits per heavy atom. The Balaban J connectivity index is 2.82. The van der Waals surface area contributed by atoms with Crippen LogP contribution in [0.2, 0.25) is 0 Å². The van der Waals surface area contributed by atoms with Crippen molar-refractivity contribution in [3.05, 3.63) is 34.8 Å². The lowest BCUT2D eigenvalue weighted by molar-refractivity contribution is 0.582. The van der Waals surface area contributed by atoms with E-state index in [-0.39, 0.29) is 10.6 Å². The summed E-state index contributed by atoms with van der Waals surface area (Å²) in [6, 6.07) is 4.70. The third-order valence-corrected chi connectivity index (χ3v) is 4.13. The molecule has 0 aliphatic carbocycles. The molecule has 94 valence electrons. The Kier molecular flexibility index (Phi) is 5.17. The lowest BCUT2D eigenvalue weighted by Gasteiger charge is -2.08. The number of nitrogens with two attached hydrogens (primary N) is 1. The maximum absolute atomic E-state index is 11.9. The molecule has 0 heterocycles. The van der Waals surface area contributed by atoms with E-state index in [2.05, 4.69) is 20.7 Å². The number of hydrogen-bond donors (Lipinski definition) is 2. The number of nitrogen functional groups attached to an aromatic ring is 1. The van der Waals surface area contributed by atoms with Gasteiger partial charge in [-0.25, -0.2) is 13.1 Å². The SMILES string of the molecule is C/C=C/CCNS(=O)(=O)c1ccc(Br)cc1N. The lowest BCUT2D eigenvalue weighted by Crippen LogP contribution is -2.25. The zero-order chi connectivity index (χ0) is 12.9. The van der Waals surface area contributed by atoms with E-state index < -0.39 is 10.0 Å². The van der Waals surface area contributed by atoms with E-state index in [4.69, 9.17) is 5.73 Å². The van der Waals surface area contributed by atoms with Crippen LogP contribution in [0.25, 0.3) is 0 Å². The van der Waals surface area contributed by atoms with Gasteiger partial charge in [0.25, 0.3) is 0 Å². The minimum absolute atomic E-state index is 0.112. The first kappa shape index (κ1) is 14.2. The van der Waals surface area contributed by atoms with Crippen LogP contribution in [-0.4, -0.2) is 15.0 Å². The number of nitrogens with one attached hydrogen (secondary N) is 1. The average molecular weight is 319 g/mol. The van der Waals surface area contributed by atoms with E-state index in [0.29, 0.717) is 13.0 Å². The summed E-state index contributed by atoms with van der Waals surface area (Å²) < 4.78 is 27.0. The molecule has 0 unspecified atom stereocenters. The van der Waals surface area contributed by atoms with Gasteiger partial charge in [0.15, 0.2) is 0 Å². The van der Waals surface area contributed by atoms with Crippen molar-refractivity contribution in [2.45, 2.75) is 18.2 Å². The predicted octanol–water partition coefficient (Wildman–Crippen LogP) is 2.28. The van der Waals surface area contributed by atoms with Crippen molar-refractivity contribution in [3.63, 3.8) is 0 Å². The third kappa shape index (κ3) is 4.14. The Bertz CT molecular complexity index is 512. The van der Waals surface area contributed by atoms with Gasteiger partial charge in [-0.3, -0.25) is 0 Å². The standard InChI is InChI=1S/C11H15BrN2O2S/c1-2-3-4-7-14-17(15,16)11-6-5-9(12)8-10(11)13/h2-3,5-6,8,14H,4,7,13H2,1H3/b3-2+. The zero-order valence-electron chi connectivity index (χ0n) is 9.48. The number of rotatable bonds is 5. The molecular weight excluding hydrogens is 304 g/mol.